The zero-order valence-corrected chi connectivity index (χ0v) is 18.1. The minimum atomic E-state index is -3.53. The van der Waals surface area contributed by atoms with Crippen molar-refractivity contribution in [2.75, 3.05) is 26.7 Å². The summed E-state index contributed by atoms with van der Waals surface area (Å²) >= 11 is 0. The third-order valence-electron chi connectivity index (χ3n) is 4.99. The molecular weight excluding hydrogens is 400 g/mol. The van der Waals surface area contributed by atoms with E-state index in [2.05, 4.69) is 32.5 Å². The number of ether oxygens (including phenoxy) is 1. The molecule has 1 atom stereocenters. The summed E-state index contributed by atoms with van der Waals surface area (Å²) in [5.74, 6) is 0.709. The molecule has 0 amide bonds. The van der Waals surface area contributed by atoms with Gasteiger partial charge in [0.1, 0.15) is 0 Å². The van der Waals surface area contributed by atoms with Crippen LogP contribution in [0, 0.1) is 0 Å². The first kappa shape index (κ1) is 22.3. The molecule has 0 bridgehead atoms. The number of aliphatic imine (C=N–C) groups is 1. The molecule has 162 valence electrons. The zero-order chi connectivity index (χ0) is 21.2. The maximum absolute atomic E-state index is 12.4. The standard InChI is InChI=1S/C22H30N4O3S/c1-23-22(24-14-13-18-6-3-2-4-7-18)25-16-19-9-11-21(12-10-19)30(27,28)26-17-20-8-5-15-29-20/h2-4,6-7,9-12,20,26H,5,8,13-17H2,1H3,(H2,23,24,25). The van der Waals surface area contributed by atoms with Gasteiger partial charge in [0.15, 0.2) is 5.96 Å². The van der Waals surface area contributed by atoms with Gasteiger partial charge in [-0.15, -0.1) is 0 Å². The Hall–Kier alpha value is -2.42. The van der Waals surface area contributed by atoms with E-state index in [0.717, 1.165) is 31.4 Å². The number of hydrogen-bond acceptors (Lipinski definition) is 4. The highest BCUT2D eigenvalue weighted by atomic mass is 32.2. The normalized spacial score (nSPS) is 17.1. The molecular formula is C22H30N4O3S. The van der Waals surface area contributed by atoms with Gasteiger partial charge in [0.25, 0.3) is 0 Å². The van der Waals surface area contributed by atoms with Crippen molar-refractivity contribution in [3.63, 3.8) is 0 Å². The van der Waals surface area contributed by atoms with Crippen LogP contribution in [0.15, 0.2) is 64.5 Å². The van der Waals surface area contributed by atoms with E-state index in [4.69, 9.17) is 4.74 Å². The first-order valence-electron chi connectivity index (χ1n) is 10.3. The Morgan fingerprint density at radius 2 is 1.83 bits per heavy atom. The van der Waals surface area contributed by atoms with Crippen LogP contribution >= 0.6 is 0 Å². The minimum Gasteiger partial charge on any atom is -0.377 e. The third kappa shape index (κ3) is 6.83. The van der Waals surface area contributed by atoms with Gasteiger partial charge in [0, 0.05) is 33.3 Å². The van der Waals surface area contributed by atoms with Crippen molar-refractivity contribution in [2.45, 2.75) is 36.8 Å². The fourth-order valence-corrected chi connectivity index (χ4v) is 4.32. The molecule has 1 fully saturated rings. The van der Waals surface area contributed by atoms with Crippen LogP contribution in [0.2, 0.25) is 0 Å². The molecule has 0 saturated carbocycles. The van der Waals surface area contributed by atoms with Crippen molar-refractivity contribution >= 4 is 16.0 Å². The van der Waals surface area contributed by atoms with Crippen molar-refractivity contribution < 1.29 is 13.2 Å². The van der Waals surface area contributed by atoms with Crippen LogP contribution < -0.4 is 15.4 Å². The summed E-state index contributed by atoms with van der Waals surface area (Å²) in [7, 11) is -1.80. The topological polar surface area (TPSA) is 91.8 Å². The van der Waals surface area contributed by atoms with Crippen molar-refractivity contribution in [1.29, 1.82) is 0 Å². The van der Waals surface area contributed by atoms with Gasteiger partial charge >= 0.3 is 0 Å². The highest BCUT2D eigenvalue weighted by molar-refractivity contribution is 7.89. The summed E-state index contributed by atoms with van der Waals surface area (Å²) in [6.45, 7) is 2.35. The molecule has 2 aromatic rings. The van der Waals surface area contributed by atoms with Crippen LogP contribution in [0.1, 0.15) is 24.0 Å². The molecule has 0 radical (unpaired) electrons. The molecule has 1 saturated heterocycles. The van der Waals surface area contributed by atoms with Gasteiger partial charge in [-0.1, -0.05) is 42.5 Å². The Morgan fingerprint density at radius 3 is 2.50 bits per heavy atom. The summed E-state index contributed by atoms with van der Waals surface area (Å²) in [6, 6.07) is 17.1. The Kier molecular flexibility index (Phi) is 8.24. The Bertz CT molecular complexity index is 909. The lowest BCUT2D eigenvalue weighted by Gasteiger charge is -2.13. The molecule has 0 aromatic heterocycles. The van der Waals surface area contributed by atoms with Crippen molar-refractivity contribution in [2.24, 2.45) is 4.99 Å². The predicted molar refractivity (Wildman–Crippen MR) is 119 cm³/mol. The number of rotatable bonds is 9. The lowest BCUT2D eigenvalue weighted by atomic mass is 10.1. The largest absolute Gasteiger partial charge is 0.377 e. The van der Waals surface area contributed by atoms with E-state index in [1.807, 2.05) is 30.3 Å². The van der Waals surface area contributed by atoms with Crippen LogP contribution in [0.3, 0.4) is 0 Å². The van der Waals surface area contributed by atoms with E-state index < -0.39 is 10.0 Å². The minimum absolute atomic E-state index is 0.0237. The van der Waals surface area contributed by atoms with Crippen LogP contribution in [0.25, 0.3) is 0 Å². The molecule has 1 heterocycles. The second kappa shape index (κ2) is 11.1. The number of nitrogens with one attached hydrogen (secondary N) is 3. The average molecular weight is 431 g/mol. The average Bonchev–Trinajstić information content (AvgIpc) is 3.30. The summed E-state index contributed by atoms with van der Waals surface area (Å²) in [5.41, 5.74) is 2.24. The summed E-state index contributed by atoms with van der Waals surface area (Å²) in [6.07, 6.45) is 2.77. The van der Waals surface area contributed by atoms with Gasteiger partial charge in [0.2, 0.25) is 10.0 Å². The van der Waals surface area contributed by atoms with Gasteiger partial charge in [-0.25, -0.2) is 13.1 Å². The lowest BCUT2D eigenvalue weighted by molar-refractivity contribution is 0.114. The maximum Gasteiger partial charge on any atom is 0.240 e. The number of sulfonamides is 1. The predicted octanol–water partition coefficient (Wildman–Crippen LogP) is 2.05. The third-order valence-corrected chi connectivity index (χ3v) is 6.43. The Labute approximate surface area is 179 Å². The summed E-state index contributed by atoms with van der Waals surface area (Å²) < 4.78 is 33.0. The van der Waals surface area contributed by atoms with Gasteiger partial charge in [-0.05, 0) is 42.5 Å². The molecule has 7 nitrogen and oxygen atoms in total. The molecule has 1 aliphatic heterocycles. The van der Waals surface area contributed by atoms with Crippen molar-refractivity contribution in [3.8, 4) is 0 Å². The van der Waals surface area contributed by atoms with Crippen LogP contribution in [-0.2, 0) is 27.7 Å². The maximum atomic E-state index is 12.4. The zero-order valence-electron chi connectivity index (χ0n) is 17.3. The molecule has 1 unspecified atom stereocenters. The SMILES string of the molecule is CN=C(NCCc1ccccc1)NCc1ccc(S(=O)(=O)NCC2CCCO2)cc1. The van der Waals surface area contributed by atoms with Gasteiger partial charge in [0.05, 0.1) is 11.0 Å². The number of guanidine groups is 1. The fraction of sp³-hybridized carbons (Fsp3) is 0.409. The van der Waals surface area contributed by atoms with Crippen LogP contribution in [-0.4, -0.2) is 47.2 Å². The number of benzene rings is 2. The molecule has 0 spiro atoms. The van der Waals surface area contributed by atoms with E-state index >= 15 is 0 Å². The molecule has 1 aliphatic rings. The van der Waals surface area contributed by atoms with Crippen molar-refractivity contribution in [3.05, 3.63) is 65.7 Å². The number of hydrogen-bond donors (Lipinski definition) is 3. The first-order chi connectivity index (χ1) is 14.6. The summed E-state index contributed by atoms with van der Waals surface area (Å²) in [5, 5.41) is 6.54. The van der Waals surface area contributed by atoms with Gasteiger partial charge in [-0.2, -0.15) is 0 Å². The lowest BCUT2D eigenvalue weighted by Crippen LogP contribution is -2.37. The molecule has 3 N–H and O–H groups in total. The second-order valence-electron chi connectivity index (χ2n) is 7.22. The van der Waals surface area contributed by atoms with Crippen LogP contribution in [0.5, 0.6) is 0 Å². The van der Waals surface area contributed by atoms with E-state index in [-0.39, 0.29) is 11.0 Å². The fourth-order valence-electron chi connectivity index (χ4n) is 3.25. The molecule has 2 aromatic carbocycles. The summed E-state index contributed by atoms with van der Waals surface area (Å²) in [4.78, 5) is 4.49. The van der Waals surface area contributed by atoms with E-state index in [1.54, 1.807) is 19.2 Å². The molecule has 30 heavy (non-hydrogen) atoms. The Morgan fingerprint density at radius 1 is 1.07 bits per heavy atom. The Balaban J connectivity index is 1.44. The van der Waals surface area contributed by atoms with E-state index in [1.165, 1.54) is 5.56 Å². The van der Waals surface area contributed by atoms with Gasteiger partial charge < -0.3 is 15.4 Å². The molecule has 0 aliphatic carbocycles. The highest BCUT2D eigenvalue weighted by Crippen LogP contribution is 2.14. The monoisotopic (exact) mass is 430 g/mol. The molecule has 8 heteroatoms. The number of nitrogens with zero attached hydrogens (tertiary/aromatic N) is 1. The molecule has 3 rings (SSSR count). The van der Waals surface area contributed by atoms with Crippen LogP contribution in [0.4, 0.5) is 0 Å². The second-order valence-corrected chi connectivity index (χ2v) is 8.99. The first-order valence-corrected chi connectivity index (χ1v) is 11.7. The quantitative estimate of drug-likeness (QED) is 0.418. The van der Waals surface area contributed by atoms with E-state index in [9.17, 15) is 8.42 Å². The van der Waals surface area contributed by atoms with Gasteiger partial charge in [-0.3, -0.25) is 4.99 Å². The van der Waals surface area contributed by atoms with Crippen molar-refractivity contribution in [1.82, 2.24) is 15.4 Å². The van der Waals surface area contributed by atoms with E-state index in [0.29, 0.717) is 25.7 Å². The highest BCUT2D eigenvalue weighted by Gasteiger charge is 2.20. The smallest absolute Gasteiger partial charge is 0.240 e.